The van der Waals surface area contributed by atoms with Crippen LogP contribution in [0.1, 0.15) is 10.6 Å². The van der Waals surface area contributed by atoms with Crippen LogP contribution >= 0.6 is 33.9 Å². The van der Waals surface area contributed by atoms with Crippen molar-refractivity contribution in [2.24, 2.45) is 0 Å². The molecule has 0 bridgehead atoms. The van der Waals surface area contributed by atoms with Crippen molar-refractivity contribution < 1.29 is 0 Å². The first-order chi connectivity index (χ1) is 6.22. The van der Waals surface area contributed by atoms with E-state index in [1.165, 1.54) is 0 Å². The van der Waals surface area contributed by atoms with Crippen LogP contribution in [0, 0.1) is 21.8 Å². The van der Waals surface area contributed by atoms with E-state index in [4.69, 9.17) is 5.26 Å². The van der Waals surface area contributed by atoms with Gasteiger partial charge in [0.2, 0.25) is 0 Å². The molecule has 0 aliphatic carbocycles. The first-order valence-electron chi connectivity index (χ1n) is 3.54. The third-order valence-corrected chi connectivity index (χ3v) is 4.05. The van der Waals surface area contributed by atoms with Crippen LogP contribution in [0.2, 0.25) is 0 Å². The number of rotatable bonds is 0. The van der Waals surface area contributed by atoms with Gasteiger partial charge >= 0.3 is 0 Å². The quantitative estimate of drug-likeness (QED) is 0.702. The average Bonchev–Trinajstić information content (AvgIpc) is 2.47. The molecule has 0 atom stereocenters. The molecule has 0 aliphatic heterocycles. The summed E-state index contributed by atoms with van der Waals surface area (Å²) in [6.45, 7) is 1.94. The number of fused-ring (bicyclic) bond motifs is 1. The van der Waals surface area contributed by atoms with E-state index in [9.17, 15) is 0 Å². The zero-order valence-electron chi connectivity index (χ0n) is 6.71. The van der Waals surface area contributed by atoms with Crippen molar-refractivity contribution in [1.82, 2.24) is 9.97 Å². The van der Waals surface area contributed by atoms with Gasteiger partial charge in [0, 0.05) is 6.20 Å². The molecule has 0 aliphatic rings. The monoisotopic (exact) mass is 301 g/mol. The van der Waals surface area contributed by atoms with Crippen molar-refractivity contribution in [1.29, 1.82) is 5.26 Å². The maximum Gasteiger partial charge on any atom is 0.171 e. The number of nitrogens with zero attached hydrogens (tertiary/aromatic N) is 3. The molecule has 13 heavy (non-hydrogen) atoms. The molecule has 0 N–H and O–H groups in total. The molecule has 3 nitrogen and oxygen atoms in total. The van der Waals surface area contributed by atoms with Crippen molar-refractivity contribution in [3.8, 4) is 6.07 Å². The summed E-state index contributed by atoms with van der Waals surface area (Å²) in [7, 11) is 0. The first kappa shape index (κ1) is 8.84. The largest absolute Gasteiger partial charge is 0.234 e. The highest BCUT2D eigenvalue weighted by atomic mass is 127. The average molecular weight is 301 g/mol. The summed E-state index contributed by atoms with van der Waals surface area (Å²) >= 11 is 3.74. The van der Waals surface area contributed by atoms with Crippen LogP contribution in [0.4, 0.5) is 0 Å². The van der Waals surface area contributed by atoms with Gasteiger partial charge in [0.25, 0.3) is 0 Å². The van der Waals surface area contributed by atoms with Crippen LogP contribution in [0.3, 0.4) is 0 Å². The zero-order valence-corrected chi connectivity index (χ0v) is 9.68. The van der Waals surface area contributed by atoms with E-state index >= 15 is 0 Å². The second-order valence-corrected chi connectivity index (χ2v) is 4.77. The molecule has 2 aromatic heterocycles. The SMILES string of the molecule is Cc1nc2ncc(C#N)c(I)c2s1. The second kappa shape index (κ2) is 3.20. The molecule has 0 unspecified atom stereocenters. The lowest BCUT2D eigenvalue weighted by atomic mass is 10.3. The number of halogens is 1. The van der Waals surface area contributed by atoms with E-state index in [1.54, 1.807) is 17.5 Å². The molecule has 2 rings (SSSR count). The molecule has 0 aromatic carbocycles. The Morgan fingerprint density at radius 3 is 3.08 bits per heavy atom. The fourth-order valence-corrected chi connectivity index (χ4v) is 2.68. The Kier molecular flexibility index (Phi) is 2.17. The van der Waals surface area contributed by atoms with Crippen molar-refractivity contribution in [2.75, 3.05) is 0 Å². The summed E-state index contributed by atoms with van der Waals surface area (Å²) in [5.74, 6) is 0. The number of aryl methyl sites for hydroxylation is 1. The zero-order chi connectivity index (χ0) is 9.42. The normalized spacial score (nSPS) is 10.2. The van der Waals surface area contributed by atoms with Gasteiger partial charge in [-0.3, -0.25) is 0 Å². The van der Waals surface area contributed by atoms with Crippen LogP contribution in [0.15, 0.2) is 6.20 Å². The summed E-state index contributed by atoms with van der Waals surface area (Å²) in [6, 6.07) is 2.11. The van der Waals surface area contributed by atoms with E-state index in [-0.39, 0.29) is 0 Å². The van der Waals surface area contributed by atoms with Gasteiger partial charge < -0.3 is 0 Å². The Hall–Kier alpha value is -0.740. The van der Waals surface area contributed by atoms with Crippen LogP contribution in [0.25, 0.3) is 10.3 Å². The topological polar surface area (TPSA) is 49.6 Å². The van der Waals surface area contributed by atoms with Crippen molar-refractivity contribution >= 4 is 44.3 Å². The Labute approximate surface area is 92.6 Å². The van der Waals surface area contributed by atoms with Crippen molar-refractivity contribution in [3.63, 3.8) is 0 Å². The Bertz CT molecular complexity index is 512. The number of nitriles is 1. The smallest absolute Gasteiger partial charge is 0.171 e. The van der Waals surface area contributed by atoms with E-state index in [0.29, 0.717) is 5.56 Å². The van der Waals surface area contributed by atoms with Gasteiger partial charge in [-0.2, -0.15) is 5.26 Å². The second-order valence-electron chi connectivity index (χ2n) is 2.48. The van der Waals surface area contributed by atoms with Crippen LogP contribution in [0.5, 0.6) is 0 Å². The lowest BCUT2D eigenvalue weighted by molar-refractivity contribution is 1.26. The van der Waals surface area contributed by atoms with Crippen LogP contribution < -0.4 is 0 Å². The standard InChI is InChI=1S/C8H4IN3S/c1-4-12-8-7(13-4)6(9)5(2-10)3-11-8/h3H,1H3. The third-order valence-electron chi connectivity index (χ3n) is 1.59. The molecular formula is C8H4IN3S. The molecule has 0 spiro atoms. The van der Waals surface area contributed by atoms with Gasteiger partial charge in [-0.1, -0.05) is 0 Å². The number of hydrogen-bond donors (Lipinski definition) is 0. The minimum Gasteiger partial charge on any atom is -0.234 e. The van der Waals surface area contributed by atoms with E-state index in [1.807, 2.05) is 6.92 Å². The minimum absolute atomic E-state index is 0.622. The molecule has 0 amide bonds. The Morgan fingerprint density at radius 2 is 2.38 bits per heavy atom. The predicted octanol–water partition coefficient (Wildman–Crippen LogP) is 2.48. The molecule has 2 heterocycles. The fourth-order valence-electron chi connectivity index (χ4n) is 1.03. The van der Waals surface area contributed by atoms with Gasteiger partial charge in [-0.15, -0.1) is 11.3 Å². The molecule has 0 saturated carbocycles. The third kappa shape index (κ3) is 1.40. The summed E-state index contributed by atoms with van der Waals surface area (Å²) in [6.07, 6.45) is 1.57. The van der Waals surface area contributed by atoms with Crippen LogP contribution in [-0.4, -0.2) is 9.97 Å². The Morgan fingerprint density at radius 1 is 1.62 bits per heavy atom. The summed E-state index contributed by atoms with van der Waals surface area (Å²) in [5.41, 5.74) is 1.36. The number of aromatic nitrogens is 2. The van der Waals surface area contributed by atoms with E-state index in [0.717, 1.165) is 18.9 Å². The van der Waals surface area contributed by atoms with Gasteiger partial charge in [0.1, 0.15) is 6.07 Å². The minimum atomic E-state index is 0.622. The predicted molar refractivity (Wildman–Crippen MR) is 59.6 cm³/mol. The van der Waals surface area contributed by atoms with Gasteiger partial charge in [-0.05, 0) is 29.5 Å². The lowest BCUT2D eigenvalue weighted by Crippen LogP contribution is -1.85. The highest BCUT2D eigenvalue weighted by Gasteiger charge is 2.09. The Balaban J connectivity index is 2.87. The van der Waals surface area contributed by atoms with Crippen molar-refractivity contribution in [3.05, 3.63) is 20.3 Å². The molecule has 0 radical (unpaired) electrons. The summed E-state index contributed by atoms with van der Waals surface area (Å²) in [4.78, 5) is 8.35. The summed E-state index contributed by atoms with van der Waals surface area (Å²) < 4.78 is 1.97. The van der Waals surface area contributed by atoms with E-state index < -0.39 is 0 Å². The molecule has 0 fully saturated rings. The first-order valence-corrected chi connectivity index (χ1v) is 5.43. The van der Waals surface area contributed by atoms with Gasteiger partial charge in [0.15, 0.2) is 5.65 Å². The molecule has 64 valence electrons. The molecule has 2 aromatic rings. The number of hydrogen-bond acceptors (Lipinski definition) is 4. The maximum absolute atomic E-state index is 8.77. The number of pyridine rings is 1. The molecule has 0 saturated heterocycles. The molecular weight excluding hydrogens is 297 g/mol. The highest BCUT2D eigenvalue weighted by Crippen LogP contribution is 2.26. The highest BCUT2D eigenvalue weighted by molar-refractivity contribution is 14.1. The summed E-state index contributed by atoms with van der Waals surface area (Å²) in [5, 5.41) is 9.76. The van der Waals surface area contributed by atoms with Gasteiger partial charge in [0.05, 0.1) is 18.8 Å². The number of thiazole rings is 1. The lowest BCUT2D eigenvalue weighted by Gasteiger charge is -1.93. The maximum atomic E-state index is 8.77. The molecule has 5 heteroatoms. The van der Waals surface area contributed by atoms with Gasteiger partial charge in [-0.25, -0.2) is 9.97 Å². The van der Waals surface area contributed by atoms with E-state index in [2.05, 4.69) is 38.6 Å². The van der Waals surface area contributed by atoms with Crippen molar-refractivity contribution in [2.45, 2.75) is 6.92 Å². The van der Waals surface area contributed by atoms with Crippen LogP contribution in [-0.2, 0) is 0 Å². The fraction of sp³-hybridized carbons (Fsp3) is 0.125.